The van der Waals surface area contributed by atoms with Gasteiger partial charge in [0.25, 0.3) is 0 Å². The van der Waals surface area contributed by atoms with E-state index >= 15 is 0 Å². The summed E-state index contributed by atoms with van der Waals surface area (Å²) in [6.07, 6.45) is 0. The number of nitriles is 1. The maximum Gasteiger partial charge on any atom is 0.139 e. The first kappa shape index (κ1) is 28.1. The molecule has 10 rings (SSSR count). The molecule has 0 amide bonds. The van der Waals surface area contributed by atoms with Crippen LogP contribution in [0, 0.1) is 11.3 Å². The lowest BCUT2D eigenvalue weighted by Gasteiger charge is -2.11. The first-order chi connectivity index (χ1) is 24.7. The number of aromatic nitrogens is 3. The van der Waals surface area contributed by atoms with Crippen molar-refractivity contribution >= 4 is 54.5 Å². The summed E-state index contributed by atoms with van der Waals surface area (Å²) in [5.41, 5.74) is 11.7. The molecule has 0 unspecified atom stereocenters. The van der Waals surface area contributed by atoms with Gasteiger partial charge in [-0.2, -0.15) is 5.26 Å². The van der Waals surface area contributed by atoms with Gasteiger partial charge in [0.15, 0.2) is 0 Å². The van der Waals surface area contributed by atoms with Gasteiger partial charge in [-0.05, 0) is 76.9 Å². The fraction of sp³-hybridized carbons (Fsp3) is 0. The molecule has 0 bridgehead atoms. The summed E-state index contributed by atoms with van der Waals surface area (Å²) in [5.74, 6) is 0.739. The van der Waals surface area contributed by atoms with E-state index in [1.54, 1.807) is 0 Å². The van der Waals surface area contributed by atoms with Crippen LogP contribution < -0.4 is 0 Å². The van der Waals surface area contributed by atoms with Gasteiger partial charge >= 0.3 is 0 Å². The first-order valence-electron chi connectivity index (χ1n) is 16.8. The van der Waals surface area contributed by atoms with Gasteiger partial charge < -0.3 is 4.57 Å². The Kier molecular flexibility index (Phi) is 6.21. The predicted octanol–water partition coefficient (Wildman–Crippen LogP) is 11.6. The minimum Gasteiger partial charge on any atom is -0.309 e. The number of fused-ring (bicyclic) bond motifs is 7. The van der Waals surface area contributed by atoms with E-state index in [1.807, 2.05) is 30.3 Å². The molecule has 7 aromatic carbocycles. The molecule has 0 N–H and O–H groups in total. The van der Waals surface area contributed by atoms with Crippen molar-refractivity contribution in [1.82, 2.24) is 14.1 Å². The van der Waals surface area contributed by atoms with Gasteiger partial charge in [-0.25, -0.2) is 4.98 Å². The molecule has 0 aliphatic rings. The second-order valence-electron chi connectivity index (χ2n) is 12.7. The smallest absolute Gasteiger partial charge is 0.139 e. The molecular formula is C46H28N4. The third-order valence-electron chi connectivity index (χ3n) is 9.96. The van der Waals surface area contributed by atoms with Gasteiger partial charge in [0, 0.05) is 32.6 Å². The highest BCUT2D eigenvalue weighted by Crippen LogP contribution is 2.38. The molecular weight excluding hydrogens is 609 g/mol. The Morgan fingerprint density at radius 3 is 1.74 bits per heavy atom. The van der Waals surface area contributed by atoms with Crippen LogP contribution in [0.25, 0.3) is 88.3 Å². The van der Waals surface area contributed by atoms with Crippen LogP contribution >= 0.6 is 0 Å². The average molecular weight is 637 g/mol. The lowest BCUT2D eigenvalue weighted by molar-refractivity contribution is 1.10. The maximum atomic E-state index is 10.0. The van der Waals surface area contributed by atoms with Crippen molar-refractivity contribution in [3.05, 3.63) is 175 Å². The topological polar surface area (TPSA) is 46.5 Å². The summed E-state index contributed by atoms with van der Waals surface area (Å²) in [7, 11) is 0. The number of para-hydroxylation sites is 3. The molecule has 0 radical (unpaired) electrons. The third-order valence-corrected chi connectivity index (χ3v) is 9.96. The zero-order chi connectivity index (χ0) is 33.2. The number of rotatable bonds is 4. The van der Waals surface area contributed by atoms with Crippen molar-refractivity contribution in [3.8, 4) is 39.8 Å². The number of nitrogens with zero attached hydrogens (tertiary/aromatic N) is 4. The molecule has 0 saturated heterocycles. The molecule has 3 aromatic heterocycles. The van der Waals surface area contributed by atoms with E-state index in [-0.39, 0.29) is 0 Å². The highest BCUT2D eigenvalue weighted by molar-refractivity contribution is 6.12. The monoisotopic (exact) mass is 636 g/mol. The van der Waals surface area contributed by atoms with Crippen molar-refractivity contribution in [2.45, 2.75) is 0 Å². The molecule has 0 aliphatic heterocycles. The normalized spacial score (nSPS) is 11.6. The summed E-state index contributed by atoms with van der Waals surface area (Å²) in [6, 6.07) is 62.1. The lowest BCUT2D eigenvalue weighted by atomic mass is 10.0. The molecule has 10 aromatic rings. The van der Waals surface area contributed by atoms with Gasteiger partial charge in [-0.3, -0.25) is 4.57 Å². The van der Waals surface area contributed by atoms with E-state index in [4.69, 9.17) is 4.98 Å². The van der Waals surface area contributed by atoms with Gasteiger partial charge in [-0.1, -0.05) is 115 Å². The van der Waals surface area contributed by atoms with Crippen molar-refractivity contribution in [1.29, 1.82) is 5.26 Å². The van der Waals surface area contributed by atoms with Crippen molar-refractivity contribution in [3.63, 3.8) is 0 Å². The fourth-order valence-corrected chi connectivity index (χ4v) is 7.63. The molecule has 4 nitrogen and oxygen atoms in total. The Bertz CT molecular complexity index is 2980. The minimum atomic E-state index is 0.617. The summed E-state index contributed by atoms with van der Waals surface area (Å²) in [6.45, 7) is 0. The van der Waals surface area contributed by atoms with Gasteiger partial charge in [0.2, 0.25) is 0 Å². The number of pyridine rings is 1. The maximum absolute atomic E-state index is 10.0. The Balaban J connectivity index is 1.15. The number of hydrogen-bond acceptors (Lipinski definition) is 2. The molecule has 4 heteroatoms. The van der Waals surface area contributed by atoms with E-state index in [1.165, 1.54) is 32.9 Å². The Hall–Kier alpha value is -6.96. The zero-order valence-electron chi connectivity index (χ0n) is 27.0. The molecule has 3 heterocycles. The van der Waals surface area contributed by atoms with Gasteiger partial charge in [0.05, 0.1) is 39.2 Å². The van der Waals surface area contributed by atoms with Gasteiger partial charge in [0.1, 0.15) is 5.82 Å². The molecule has 0 aliphatic carbocycles. The van der Waals surface area contributed by atoms with Crippen LogP contribution in [0.3, 0.4) is 0 Å². The largest absolute Gasteiger partial charge is 0.309 e. The summed E-state index contributed by atoms with van der Waals surface area (Å²) >= 11 is 0. The van der Waals surface area contributed by atoms with E-state index < -0.39 is 0 Å². The fourth-order valence-electron chi connectivity index (χ4n) is 7.63. The van der Waals surface area contributed by atoms with Crippen LogP contribution in [-0.4, -0.2) is 14.1 Å². The summed E-state index contributed by atoms with van der Waals surface area (Å²) in [4.78, 5) is 5.03. The second-order valence-corrected chi connectivity index (χ2v) is 12.7. The van der Waals surface area contributed by atoms with E-state index in [0.717, 1.165) is 55.3 Å². The number of hydrogen-bond donors (Lipinski definition) is 0. The summed E-state index contributed by atoms with van der Waals surface area (Å²) < 4.78 is 4.56. The molecule has 0 fully saturated rings. The predicted molar refractivity (Wildman–Crippen MR) is 206 cm³/mol. The minimum absolute atomic E-state index is 0.617. The van der Waals surface area contributed by atoms with Crippen molar-refractivity contribution in [2.75, 3.05) is 0 Å². The van der Waals surface area contributed by atoms with E-state index in [2.05, 4.69) is 155 Å². The lowest BCUT2D eigenvalue weighted by Crippen LogP contribution is -1.99. The molecule has 0 spiro atoms. The molecule has 0 atom stereocenters. The highest BCUT2D eigenvalue weighted by Gasteiger charge is 2.17. The van der Waals surface area contributed by atoms with Crippen LogP contribution in [0.2, 0.25) is 0 Å². The second kappa shape index (κ2) is 11.1. The molecule has 50 heavy (non-hydrogen) atoms. The number of benzene rings is 7. The third kappa shape index (κ3) is 4.28. The molecule has 0 saturated carbocycles. The molecule has 232 valence electrons. The SMILES string of the molecule is N#Cc1cc(-n2c3ccccc3c3cc(-c4ccc5c6ccccc6n(-c6ccc(-c7ccccc7)cc6)c5c4)ccc32)nc2ccccc12. The Morgan fingerprint density at radius 1 is 0.400 bits per heavy atom. The highest BCUT2D eigenvalue weighted by atomic mass is 15.1. The van der Waals surface area contributed by atoms with Crippen LogP contribution in [0.4, 0.5) is 0 Å². The quantitative estimate of drug-likeness (QED) is 0.193. The van der Waals surface area contributed by atoms with Crippen LogP contribution in [0.5, 0.6) is 0 Å². The van der Waals surface area contributed by atoms with E-state index in [9.17, 15) is 5.26 Å². The van der Waals surface area contributed by atoms with Crippen LogP contribution in [0.15, 0.2) is 170 Å². The van der Waals surface area contributed by atoms with E-state index in [0.29, 0.717) is 5.56 Å². The van der Waals surface area contributed by atoms with Crippen LogP contribution in [-0.2, 0) is 0 Å². The average Bonchev–Trinajstić information content (AvgIpc) is 3.70. The van der Waals surface area contributed by atoms with Crippen molar-refractivity contribution < 1.29 is 0 Å². The Morgan fingerprint density at radius 2 is 0.960 bits per heavy atom. The zero-order valence-corrected chi connectivity index (χ0v) is 27.0. The Labute approximate surface area is 288 Å². The summed E-state index contributed by atoms with van der Waals surface area (Å²) in [5, 5.41) is 15.6. The first-order valence-corrected chi connectivity index (χ1v) is 16.8. The standard InChI is InChI=1S/C46H28N4/c47-29-34-28-46(48-41-15-7-4-12-36(34)41)50-43-17-9-6-14-38(43)40-26-32(21-25-44(40)50)33-20-24-39-37-13-5-8-16-42(37)49(45(39)27-33)35-22-18-31(19-23-35)30-10-2-1-3-11-30/h1-28H. The van der Waals surface area contributed by atoms with Crippen LogP contribution in [0.1, 0.15) is 5.56 Å². The van der Waals surface area contributed by atoms with Crippen molar-refractivity contribution in [2.24, 2.45) is 0 Å². The van der Waals surface area contributed by atoms with Gasteiger partial charge in [-0.15, -0.1) is 0 Å².